The van der Waals surface area contributed by atoms with Crippen molar-refractivity contribution < 1.29 is 13.9 Å². The van der Waals surface area contributed by atoms with Gasteiger partial charge in [-0.15, -0.1) is 0 Å². The van der Waals surface area contributed by atoms with Gasteiger partial charge in [0.15, 0.2) is 0 Å². The average molecular weight is 311 g/mol. The van der Waals surface area contributed by atoms with Crippen LogP contribution in [0, 0.1) is 5.82 Å². The first-order valence-corrected chi connectivity index (χ1v) is 7.96. The molecule has 0 bridgehead atoms. The molecular formula is C19H18FNO2. The Labute approximate surface area is 134 Å². The van der Waals surface area contributed by atoms with E-state index >= 15 is 0 Å². The molecular weight excluding hydrogens is 293 g/mol. The van der Waals surface area contributed by atoms with Crippen LogP contribution in [0.3, 0.4) is 0 Å². The molecule has 2 heterocycles. The minimum atomic E-state index is -0.637. The molecule has 4 rings (SSSR count). The van der Waals surface area contributed by atoms with Gasteiger partial charge < -0.3 is 4.74 Å². The van der Waals surface area contributed by atoms with E-state index < -0.39 is 5.60 Å². The Morgan fingerprint density at radius 1 is 1.09 bits per heavy atom. The third-order valence-corrected chi connectivity index (χ3v) is 4.89. The first-order chi connectivity index (χ1) is 11.2. The van der Waals surface area contributed by atoms with Crippen LogP contribution in [0.15, 0.2) is 48.5 Å². The van der Waals surface area contributed by atoms with Crippen molar-refractivity contribution in [2.75, 3.05) is 13.1 Å². The number of hydrogen-bond donors (Lipinski definition) is 0. The molecule has 0 radical (unpaired) electrons. The van der Waals surface area contributed by atoms with Gasteiger partial charge in [-0.3, -0.25) is 4.90 Å². The Bertz CT molecular complexity index is 736. The number of fused-ring (bicyclic) bond motifs is 2. The van der Waals surface area contributed by atoms with Gasteiger partial charge in [0, 0.05) is 38.0 Å². The number of hydrogen-bond acceptors (Lipinski definition) is 3. The zero-order valence-corrected chi connectivity index (χ0v) is 12.8. The number of ether oxygens (including phenoxy) is 1. The number of carbonyl (C=O) groups is 1. The van der Waals surface area contributed by atoms with Gasteiger partial charge in [0.25, 0.3) is 0 Å². The van der Waals surface area contributed by atoms with Crippen molar-refractivity contribution in [2.24, 2.45) is 0 Å². The highest BCUT2D eigenvalue weighted by Gasteiger charge is 2.47. The second kappa shape index (κ2) is 5.46. The van der Waals surface area contributed by atoms with Crippen LogP contribution < -0.4 is 0 Å². The summed E-state index contributed by atoms with van der Waals surface area (Å²) in [5, 5.41) is 0. The highest BCUT2D eigenvalue weighted by molar-refractivity contribution is 5.94. The molecule has 2 aliphatic heterocycles. The molecule has 3 nitrogen and oxygen atoms in total. The minimum absolute atomic E-state index is 0.312. The number of likely N-dealkylation sites (tertiary alicyclic amines) is 1. The third kappa shape index (κ3) is 2.53. The van der Waals surface area contributed by atoms with E-state index in [0.29, 0.717) is 18.4 Å². The predicted molar refractivity (Wildman–Crippen MR) is 84.4 cm³/mol. The Balaban J connectivity index is 1.52. The Hall–Kier alpha value is -2.20. The lowest BCUT2D eigenvalue weighted by atomic mass is 9.83. The number of rotatable bonds is 2. The topological polar surface area (TPSA) is 29.5 Å². The summed E-state index contributed by atoms with van der Waals surface area (Å²) in [7, 11) is 0. The van der Waals surface area contributed by atoms with Gasteiger partial charge in [-0.2, -0.15) is 0 Å². The summed E-state index contributed by atoms with van der Waals surface area (Å²) in [5.74, 6) is -0.635. The average Bonchev–Trinajstić information content (AvgIpc) is 2.83. The van der Waals surface area contributed by atoms with E-state index in [1.54, 1.807) is 0 Å². The highest BCUT2D eigenvalue weighted by atomic mass is 19.1. The fourth-order valence-corrected chi connectivity index (χ4v) is 3.64. The van der Waals surface area contributed by atoms with Crippen LogP contribution in [0.2, 0.25) is 0 Å². The molecule has 2 aromatic carbocycles. The van der Waals surface area contributed by atoms with Crippen molar-refractivity contribution in [2.45, 2.75) is 25.0 Å². The molecule has 4 heteroatoms. The predicted octanol–water partition coefficient (Wildman–Crippen LogP) is 3.49. The third-order valence-electron chi connectivity index (χ3n) is 4.89. The SMILES string of the molecule is O=C1OC2(CCN(Cc3ccccc3)CC2)c2cc(F)ccc21. The lowest BCUT2D eigenvalue weighted by molar-refractivity contribution is -0.0441. The van der Waals surface area contributed by atoms with Crippen LogP contribution in [0.1, 0.15) is 34.3 Å². The molecule has 0 atom stereocenters. The van der Waals surface area contributed by atoms with Crippen LogP contribution in [0.5, 0.6) is 0 Å². The minimum Gasteiger partial charge on any atom is -0.450 e. The lowest BCUT2D eigenvalue weighted by Gasteiger charge is -2.38. The number of carbonyl (C=O) groups excluding carboxylic acids is 1. The molecule has 2 aromatic rings. The Morgan fingerprint density at radius 2 is 1.83 bits per heavy atom. The summed E-state index contributed by atoms with van der Waals surface area (Å²) >= 11 is 0. The molecule has 0 amide bonds. The molecule has 2 aliphatic rings. The largest absolute Gasteiger partial charge is 0.450 e. The lowest BCUT2D eigenvalue weighted by Crippen LogP contribution is -2.42. The number of nitrogens with zero attached hydrogens (tertiary/aromatic N) is 1. The van der Waals surface area contributed by atoms with E-state index in [-0.39, 0.29) is 11.8 Å². The Kier molecular flexibility index (Phi) is 3.42. The van der Waals surface area contributed by atoms with Crippen molar-refractivity contribution in [1.29, 1.82) is 0 Å². The standard InChI is InChI=1S/C19H18FNO2/c20-15-6-7-16-17(12-15)19(23-18(16)22)8-10-21(11-9-19)13-14-4-2-1-3-5-14/h1-7,12H,8-11,13H2. The summed E-state index contributed by atoms with van der Waals surface area (Å²) in [5.41, 5.74) is 1.88. The second-order valence-corrected chi connectivity index (χ2v) is 6.34. The van der Waals surface area contributed by atoms with Gasteiger partial charge in [0.2, 0.25) is 0 Å². The fraction of sp³-hybridized carbons (Fsp3) is 0.316. The molecule has 1 fully saturated rings. The first-order valence-electron chi connectivity index (χ1n) is 7.96. The summed E-state index contributed by atoms with van der Waals surface area (Å²) in [6, 6.07) is 14.7. The van der Waals surface area contributed by atoms with Crippen molar-refractivity contribution in [3.8, 4) is 0 Å². The van der Waals surface area contributed by atoms with Gasteiger partial charge in [0.05, 0.1) is 5.56 Å². The number of piperidine rings is 1. The van der Waals surface area contributed by atoms with E-state index in [1.165, 1.54) is 23.8 Å². The molecule has 1 saturated heterocycles. The quantitative estimate of drug-likeness (QED) is 0.795. The fourth-order valence-electron chi connectivity index (χ4n) is 3.64. The van der Waals surface area contributed by atoms with Gasteiger partial charge in [-0.25, -0.2) is 9.18 Å². The van der Waals surface area contributed by atoms with Gasteiger partial charge in [-0.1, -0.05) is 30.3 Å². The highest BCUT2D eigenvalue weighted by Crippen LogP contribution is 2.44. The summed E-state index contributed by atoms with van der Waals surface area (Å²) in [6.07, 6.45) is 1.42. The van der Waals surface area contributed by atoms with E-state index in [0.717, 1.165) is 25.2 Å². The van der Waals surface area contributed by atoms with Crippen LogP contribution in [-0.4, -0.2) is 24.0 Å². The molecule has 23 heavy (non-hydrogen) atoms. The van der Waals surface area contributed by atoms with Crippen LogP contribution in [-0.2, 0) is 16.9 Å². The Morgan fingerprint density at radius 3 is 2.57 bits per heavy atom. The molecule has 0 aromatic heterocycles. The van der Waals surface area contributed by atoms with Crippen LogP contribution >= 0.6 is 0 Å². The smallest absolute Gasteiger partial charge is 0.339 e. The van der Waals surface area contributed by atoms with E-state index in [2.05, 4.69) is 17.0 Å². The van der Waals surface area contributed by atoms with Crippen LogP contribution in [0.25, 0.3) is 0 Å². The molecule has 118 valence electrons. The van der Waals surface area contributed by atoms with Crippen LogP contribution in [0.4, 0.5) is 4.39 Å². The normalized spacial score (nSPS) is 19.6. The van der Waals surface area contributed by atoms with Crippen molar-refractivity contribution >= 4 is 5.97 Å². The van der Waals surface area contributed by atoms with Crippen molar-refractivity contribution in [3.05, 3.63) is 71.0 Å². The van der Waals surface area contributed by atoms with Gasteiger partial charge in [-0.05, 0) is 23.8 Å². The molecule has 1 spiro atoms. The molecule has 0 N–H and O–H groups in total. The van der Waals surface area contributed by atoms with E-state index in [9.17, 15) is 9.18 Å². The number of esters is 1. The monoisotopic (exact) mass is 311 g/mol. The maximum atomic E-state index is 13.6. The molecule has 0 aliphatic carbocycles. The zero-order valence-electron chi connectivity index (χ0n) is 12.8. The second-order valence-electron chi connectivity index (χ2n) is 6.34. The summed E-state index contributed by atoms with van der Waals surface area (Å²) in [4.78, 5) is 14.4. The van der Waals surface area contributed by atoms with Crippen molar-refractivity contribution in [3.63, 3.8) is 0 Å². The van der Waals surface area contributed by atoms with Gasteiger partial charge in [0.1, 0.15) is 11.4 Å². The maximum Gasteiger partial charge on any atom is 0.339 e. The maximum absolute atomic E-state index is 13.6. The number of benzene rings is 2. The zero-order chi connectivity index (χ0) is 15.9. The van der Waals surface area contributed by atoms with E-state index in [4.69, 9.17) is 4.74 Å². The van der Waals surface area contributed by atoms with Gasteiger partial charge >= 0.3 is 5.97 Å². The summed E-state index contributed by atoms with van der Waals surface area (Å²) < 4.78 is 19.3. The first kappa shape index (κ1) is 14.4. The molecule has 0 unspecified atom stereocenters. The van der Waals surface area contributed by atoms with E-state index in [1.807, 2.05) is 18.2 Å². The summed E-state index contributed by atoms with van der Waals surface area (Å²) in [6.45, 7) is 2.55. The van der Waals surface area contributed by atoms with Crippen molar-refractivity contribution in [1.82, 2.24) is 4.90 Å². The number of halogens is 1. The molecule has 0 saturated carbocycles.